The number of hydrogen-bond donors (Lipinski definition) is 2. The van der Waals surface area contributed by atoms with Crippen LogP contribution < -0.4 is 0 Å². The summed E-state index contributed by atoms with van der Waals surface area (Å²) in [7, 11) is 0. The molecule has 3 heteroatoms. The highest BCUT2D eigenvalue weighted by Crippen LogP contribution is 2.13. The van der Waals surface area contributed by atoms with E-state index in [4.69, 9.17) is 9.84 Å². The van der Waals surface area contributed by atoms with Crippen LogP contribution in [0.25, 0.3) is 0 Å². The van der Waals surface area contributed by atoms with E-state index >= 15 is 0 Å². The third-order valence-corrected chi connectivity index (χ3v) is 1.95. The Kier molecular flexibility index (Phi) is 2.82. The molecule has 0 aromatic carbocycles. The van der Waals surface area contributed by atoms with E-state index in [0.29, 0.717) is 6.61 Å². The highest BCUT2D eigenvalue weighted by atomic mass is 32.1. The van der Waals surface area contributed by atoms with Crippen molar-refractivity contribution >= 4 is 12.6 Å². The largest absolute Gasteiger partial charge is 0.393 e. The van der Waals surface area contributed by atoms with Crippen molar-refractivity contribution in [3.05, 3.63) is 0 Å². The average Bonchev–Trinajstić information content (AvgIpc) is 1.88. The van der Waals surface area contributed by atoms with Gasteiger partial charge < -0.3 is 9.84 Å². The summed E-state index contributed by atoms with van der Waals surface area (Å²) in [5, 5.41) is 9.10. The molecule has 0 saturated carbocycles. The molecule has 1 rings (SSSR count). The second kappa shape index (κ2) is 3.44. The van der Waals surface area contributed by atoms with E-state index in [0.717, 1.165) is 18.6 Å². The summed E-state index contributed by atoms with van der Waals surface area (Å²) >= 11 is 4.07. The SMILES string of the molecule is O[C@@H]1CCO[C@H](CS)C1. The molecule has 0 bridgehead atoms. The third kappa shape index (κ3) is 2.16. The minimum atomic E-state index is -0.157. The highest BCUT2D eigenvalue weighted by molar-refractivity contribution is 7.80. The Balaban J connectivity index is 2.23. The maximum Gasteiger partial charge on any atom is 0.0687 e. The summed E-state index contributed by atoms with van der Waals surface area (Å²) in [6.45, 7) is 0.687. The average molecular weight is 148 g/mol. The van der Waals surface area contributed by atoms with Crippen LogP contribution in [0.2, 0.25) is 0 Å². The first kappa shape index (κ1) is 7.38. The first-order valence-corrected chi connectivity index (χ1v) is 3.86. The number of aliphatic hydroxyl groups excluding tert-OH is 1. The van der Waals surface area contributed by atoms with Crippen LogP contribution in [0.4, 0.5) is 0 Å². The minimum Gasteiger partial charge on any atom is -0.393 e. The van der Waals surface area contributed by atoms with Gasteiger partial charge in [-0.05, 0) is 6.42 Å². The van der Waals surface area contributed by atoms with Crippen molar-refractivity contribution in [3.8, 4) is 0 Å². The number of ether oxygens (including phenoxy) is 1. The molecule has 0 amide bonds. The Morgan fingerprint density at radius 1 is 1.67 bits per heavy atom. The van der Waals surface area contributed by atoms with E-state index in [1.54, 1.807) is 0 Å². The lowest BCUT2D eigenvalue weighted by Crippen LogP contribution is -2.29. The molecular weight excluding hydrogens is 136 g/mol. The summed E-state index contributed by atoms with van der Waals surface area (Å²) in [6.07, 6.45) is 1.56. The molecule has 0 aliphatic carbocycles. The monoisotopic (exact) mass is 148 g/mol. The maximum absolute atomic E-state index is 9.10. The zero-order chi connectivity index (χ0) is 6.69. The lowest BCUT2D eigenvalue weighted by molar-refractivity contribution is -0.0316. The van der Waals surface area contributed by atoms with E-state index in [1.807, 2.05) is 0 Å². The van der Waals surface area contributed by atoms with Crippen molar-refractivity contribution in [2.75, 3.05) is 12.4 Å². The summed E-state index contributed by atoms with van der Waals surface area (Å²) in [4.78, 5) is 0. The van der Waals surface area contributed by atoms with Crippen LogP contribution in [-0.2, 0) is 4.74 Å². The fraction of sp³-hybridized carbons (Fsp3) is 1.00. The fourth-order valence-corrected chi connectivity index (χ4v) is 1.24. The van der Waals surface area contributed by atoms with E-state index in [2.05, 4.69) is 12.6 Å². The molecule has 0 aromatic heterocycles. The van der Waals surface area contributed by atoms with Gasteiger partial charge in [-0.3, -0.25) is 0 Å². The Hall–Kier alpha value is 0.270. The van der Waals surface area contributed by atoms with Crippen molar-refractivity contribution in [2.45, 2.75) is 25.0 Å². The number of thiol groups is 1. The summed E-state index contributed by atoms with van der Waals surface area (Å²) in [5.74, 6) is 0.719. The fourth-order valence-electron chi connectivity index (χ4n) is 0.987. The molecule has 2 atom stereocenters. The summed E-state index contributed by atoms with van der Waals surface area (Å²) in [5.41, 5.74) is 0. The van der Waals surface area contributed by atoms with Crippen LogP contribution >= 0.6 is 12.6 Å². The minimum absolute atomic E-state index is 0.157. The molecular formula is C6H12O2S. The van der Waals surface area contributed by atoms with Crippen LogP contribution in [0, 0.1) is 0 Å². The van der Waals surface area contributed by atoms with Gasteiger partial charge >= 0.3 is 0 Å². The molecule has 0 spiro atoms. The second-order valence-electron chi connectivity index (χ2n) is 2.35. The summed E-state index contributed by atoms with van der Waals surface area (Å²) < 4.78 is 5.26. The molecule has 1 aliphatic heterocycles. The molecule has 1 saturated heterocycles. The first-order valence-electron chi connectivity index (χ1n) is 3.23. The molecule has 2 nitrogen and oxygen atoms in total. The van der Waals surface area contributed by atoms with Crippen LogP contribution in [-0.4, -0.2) is 29.7 Å². The van der Waals surface area contributed by atoms with Crippen LogP contribution in [0.3, 0.4) is 0 Å². The van der Waals surface area contributed by atoms with E-state index in [1.165, 1.54) is 0 Å². The second-order valence-corrected chi connectivity index (χ2v) is 2.72. The van der Waals surface area contributed by atoms with Gasteiger partial charge in [-0.25, -0.2) is 0 Å². The van der Waals surface area contributed by atoms with E-state index < -0.39 is 0 Å². The van der Waals surface area contributed by atoms with Crippen LogP contribution in [0.5, 0.6) is 0 Å². The number of hydrogen-bond acceptors (Lipinski definition) is 3. The Morgan fingerprint density at radius 2 is 2.44 bits per heavy atom. The lowest BCUT2D eigenvalue weighted by Gasteiger charge is -2.24. The van der Waals surface area contributed by atoms with Crippen molar-refractivity contribution in [1.29, 1.82) is 0 Å². The lowest BCUT2D eigenvalue weighted by atomic mass is 10.1. The van der Waals surface area contributed by atoms with Gasteiger partial charge in [-0.15, -0.1) is 0 Å². The zero-order valence-electron chi connectivity index (χ0n) is 5.29. The van der Waals surface area contributed by atoms with Gasteiger partial charge in [0.2, 0.25) is 0 Å². The molecule has 54 valence electrons. The van der Waals surface area contributed by atoms with Gasteiger partial charge in [0.15, 0.2) is 0 Å². The zero-order valence-corrected chi connectivity index (χ0v) is 6.18. The third-order valence-electron chi connectivity index (χ3n) is 1.54. The maximum atomic E-state index is 9.10. The predicted molar refractivity (Wildman–Crippen MR) is 38.8 cm³/mol. The molecule has 0 unspecified atom stereocenters. The quantitative estimate of drug-likeness (QED) is 0.529. The van der Waals surface area contributed by atoms with E-state index in [9.17, 15) is 0 Å². The van der Waals surface area contributed by atoms with Gasteiger partial charge in [-0.1, -0.05) is 0 Å². The van der Waals surface area contributed by atoms with Gasteiger partial charge in [-0.2, -0.15) is 12.6 Å². The molecule has 1 aliphatic rings. The van der Waals surface area contributed by atoms with Gasteiger partial charge in [0.1, 0.15) is 0 Å². The first-order chi connectivity index (χ1) is 4.33. The van der Waals surface area contributed by atoms with Crippen molar-refractivity contribution < 1.29 is 9.84 Å². The van der Waals surface area contributed by atoms with Gasteiger partial charge in [0, 0.05) is 18.8 Å². The van der Waals surface area contributed by atoms with Crippen molar-refractivity contribution in [3.63, 3.8) is 0 Å². The smallest absolute Gasteiger partial charge is 0.0687 e. The van der Waals surface area contributed by atoms with Gasteiger partial charge in [0.25, 0.3) is 0 Å². The number of rotatable bonds is 1. The molecule has 0 aromatic rings. The number of aliphatic hydroxyl groups is 1. The standard InChI is InChI=1S/C6H12O2S/c7-5-1-2-8-6(3-5)4-9/h5-7,9H,1-4H2/t5-,6+/m1/s1. The van der Waals surface area contributed by atoms with Crippen molar-refractivity contribution in [2.24, 2.45) is 0 Å². The predicted octanol–water partition coefficient (Wildman–Crippen LogP) is 0.456. The molecule has 1 heterocycles. The molecule has 1 fully saturated rings. The molecule has 1 N–H and O–H groups in total. The Labute approximate surface area is 60.6 Å². The highest BCUT2D eigenvalue weighted by Gasteiger charge is 2.18. The summed E-state index contributed by atoms with van der Waals surface area (Å²) in [6, 6.07) is 0. The van der Waals surface area contributed by atoms with Crippen LogP contribution in [0.1, 0.15) is 12.8 Å². The Bertz CT molecular complexity index is 87.1. The van der Waals surface area contributed by atoms with Crippen molar-refractivity contribution in [1.82, 2.24) is 0 Å². The molecule has 0 radical (unpaired) electrons. The van der Waals surface area contributed by atoms with Crippen LogP contribution in [0.15, 0.2) is 0 Å². The van der Waals surface area contributed by atoms with Gasteiger partial charge in [0.05, 0.1) is 12.2 Å². The van der Waals surface area contributed by atoms with E-state index in [-0.39, 0.29) is 12.2 Å². The topological polar surface area (TPSA) is 29.5 Å². The molecule has 9 heavy (non-hydrogen) atoms. The Morgan fingerprint density at radius 3 is 2.89 bits per heavy atom. The normalized spacial score (nSPS) is 36.7.